The monoisotopic (exact) mass is 182 g/mol. The summed E-state index contributed by atoms with van der Waals surface area (Å²) < 4.78 is 0. The third-order valence-electron chi connectivity index (χ3n) is 2.15. The summed E-state index contributed by atoms with van der Waals surface area (Å²) >= 11 is 0. The molecular weight excluding hydrogens is 170 g/mol. The number of hydrogen-bond acceptors (Lipinski definition) is 1. The first-order valence-corrected chi connectivity index (χ1v) is 4.80. The van der Waals surface area contributed by atoms with Gasteiger partial charge >= 0.3 is 0 Å². The van der Waals surface area contributed by atoms with E-state index in [1.54, 1.807) is 0 Å². The Balaban J connectivity index is 1.96. The van der Waals surface area contributed by atoms with Crippen LogP contribution in [0.5, 0.6) is 0 Å². The molecule has 1 heteroatoms. The molecule has 1 aromatic carbocycles. The van der Waals surface area contributed by atoms with E-state index in [9.17, 15) is 0 Å². The number of rotatable bonds is 3. The molecule has 0 N–H and O–H groups in total. The highest BCUT2D eigenvalue weighted by atomic mass is 14.7. The summed E-state index contributed by atoms with van der Waals surface area (Å²) in [5.74, 6) is 0. The van der Waals surface area contributed by atoms with Crippen LogP contribution in [-0.2, 0) is 12.8 Å². The van der Waals surface area contributed by atoms with Crippen molar-refractivity contribution in [1.82, 2.24) is 4.98 Å². The third kappa shape index (κ3) is 2.43. The molecule has 1 nitrogen and oxygen atoms in total. The standard InChI is InChI=1S/C13H12N/c1-2-6-12(7-3-1)9-10-13-8-4-5-11-14-13/h1-6,8,11H,9-10H2. The van der Waals surface area contributed by atoms with Crippen molar-refractivity contribution >= 4 is 0 Å². The van der Waals surface area contributed by atoms with E-state index >= 15 is 0 Å². The van der Waals surface area contributed by atoms with E-state index in [-0.39, 0.29) is 0 Å². The highest BCUT2D eigenvalue weighted by molar-refractivity contribution is 5.15. The number of hydrogen-bond donors (Lipinski definition) is 0. The summed E-state index contributed by atoms with van der Waals surface area (Å²) in [6.07, 6.45) is 3.84. The highest BCUT2D eigenvalue weighted by Gasteiger charge is 1.94. The number of benzene rings is 1. The Morgan fingerprint density at radius 3 is 2.64 bits per heavy atom. The molecule has 0 amide bonds. The molecule has 69 valence electrons. The van der Waals surface area contributed by atoms with Crippen LogP contribution < -0.4 is 0 Å². The number of aromatic nitrogens is 1. The third-order valence-corrected chi connectivity index (χ3v) is 2.15. The lowest BCUT2D eigenvalue weighted by Gasteiger charge is -1.99. The second-order valence-corrected chi connectivity index (χ2v) is 3.21. The van der Waals surface area contributed by atoms with Crippen LogP contribution >= 0.6 is 0 Å². The van der Waals surface area contributed by atoms with E-state index in [1.807, 2.05) is 36.5 Å². The summed E-state index contributed by atoms with van der Waals surface area (Å²) in [7, 11) is 0. The van der Waals surface area contributed by atoms with Crippen LogP contribution in [0.1, 0.15) is 11.3 Å². The Morgan fingerprint density at radius 2 is 1.93 bits per heavy atom. The molecule has 1 radical (unpaired) electrons. The summed E-state index contributed by atoms with van der Waals surface area (Å²) in [5.41, 5.74) is 2.39. The summed E-state index contributed by atoms with van der Waals surface area (Å²) in [5, 5.41) is 0. The Kier molecular flexibility index (Phi) is 2.92. The van der Waals surface area contributed by atoms with Gasteiger partial charge < -0.3 is 0 Å². The molecule has 0 bridgehead atoms. The van der Waals surface area contributed by atoms with Gasteiger partial charge in [-0.25, -0.2) is 0 Å². The molecule has 2 aromatic rings. The van der Waals surface area contributed by atoms with Gasteiger partial charge in [0.1, 0.15) is 0 Å². The smallest absolute Gasteiger partial charge is 0.0406 e. The van der Waals surface area contributed by atoms with Gasteiger partial charge in [0.05, 0.1) is 0 Å². The maximum absolute atomic E-state index is 4.28. The van der Waals surface area contributed by atoms with Gasteiger partial charge in [-0.15, -0.1) is 0 Å². The molecule has 0 unspecified atom stereocenters. The van der Waals surface area contributed by atoms with Gasteiger partial charge in [-0.2, -0.15) is 0 Å². The van der Waals surface area contributed by atoms with E-state index in [2.05, 4.69) is 23.2 Å². The van der Waals surface area contributed by atoms with Crippen molar-refractivity contribution in [2.24, 2.45) is 0 Å². The molecule has 0 saturated heterocycles. The molecule has 1 aromatic heterocycles. The zero-order valence-corrected chi connectivity index (χ0v) is 7.98. The molecule has 2 rings (SSSR count). The molecule has 0 aliphatic carbocycles. The van der Waals surface area contributed by atoms with Crippen molar-refractivity contribution in [2.75, 3.05) is 0 Å². The lowest BCUT2D eigenvalue weighted by Crippen LogP contribution is -1.93. The lowest BCUT2D eigenvalue weighted by molar-refractivity contribution is 0.912. The second-order valence-electron chi connectivity index (χ2n) is 3.21. The zero-order chi connectivity index (χ0) is 9.64. The molecular formula is C13H12N. The summed E-state index contributed by atoms with van der Waals surface area (Å²) in [6, 6.07) is 17.3. The average molecular weight is 182 g/mol. The zero-order valence-electron chi connectivity index (χ0n) is 7.98. The van der Waals surface area contributed by atoms with Gasteiger partial charge in [-0.3, -0.25) is 4.98 Å². The van der Waals surface area contributed by atoms with E-state index in [0.29, 0.717) is 0 Å². The van der Waals surface area contributed by atoms with Crippen molar-refractivity contribution < 1.29 is 0 Å². The molecule has 1 heterocycles. The first kappa shape index (κ1) is 8.95. The van der Waals surface area contributed by atoms with Crippen molar-refractivity contribution in [2.45, 2.75) is 12.8 Å². The van der Waals surface area contributed by atoms with Crippen LogP contribution in [0.15, 0.2) is 48.7 Å². The van der Waals surface area contributed by atoms with Crippen molar-refractivity contribution in [1.29, 1.82) is 0 Å². The van der Waals surface area contributed by atoms with Gasteiger partial charge in [-0.05, 0) is 36.6 Å². The molecule has 14 heavy (non-hydrogen) atoms. The summed E-state index contributed by atoms with van der Waals surface area (Å²) in [4.78, 5) is 4.28. The lowest BCUT2D eigenvalue weighted by atomic mass is 10.1. The fourth-order valence-electron chi connectivity index (χ4n) is 1.39. The van der Waals surface area contributed by atoms with Gasteiger partial charge in [0.15, 0.2) is 0 Å². The maximum atomic E-state index is 4.28. The molecule has 0 saturated carbocycles. The largest absolute Gasteiger partial charge is 0.261 e. The Hall–Kier alpha value is -1.63. The molecule has 0 atom stereocenters. The Labute approximate surface area is 84.4 Å². The van der Waals surface area contributed by atoms with E-state index < -0.39 is 0 Å². The van der Waals surface area contributed by atoms with E-state index in [4.69, 9.17) is 0 Å². The van der Waals surface area contributed by atoms with Crippen LogP contribution in [0.3, 0.4) is 0 Å². The topological polar surface area (TPSA) is 12.9 Å². The first-order valence-electron chi connectivity index (χ1n) is 4.80. The predicted octanol–water partition coefficient (Wildman–Crippen LogP) is 2.67. The van der Waals surface area contributed by atoms with Crippen LogP contribution in [0.4, 0.5) is 0 Å². The normalized spacial score (nSPS) is 10.0. The Morgan fingerprint density at radius 1 is 1.00 bits per heavy atom. The minimum absolute atomic E-state index is 0.987. The minimum Gasteiger partial charge on any atom is -0.261 e. The Bertz CT molecular complexity index is 327. The van der Waals surface area contributed by atoms with Crippen LogP contribution in [0, 0.1) is 6.07 Å². The minimum atomic E-state index is 0.987. The number of nitrogens with zero attached hydrogens (tertiary/aromatic N) is 1. The van der Waals surface area contributed by atoms with E-state index in [1.165, 1.54) is 5.56 Å². The molecule has 0 spiro atoms. The van der Waals surface area contributed by atoms with Crippen LogP contribution in [0.2, 0.25) is 0 Å². The fraction of sp³-hybridized carbons (Fsp3) is 0.154. The van der Waals surface area contributed by atoms with Crippen LogP contribution in [-0.4, -0.2) is 4.98 Å². The molecule has 0 aliphatic heterocycles. The van der Waals surface area contributed by atoms with Crippen LogP contribution in [0.25, 0.3) is 0 Å². The molecule has 0 fully saturated rings. The summed E-state index contributed by atoms with van der Waals surface area (Å²) in [6.45, 7) is 0. The molecule has 0 aliphatic rings. The van der Waals surface area contributed by atoms with Gasteiger partial charge in [0.25, 0.3) is 0 Å². The van der Waals surface area contributed by atoms with Crippen molar-refractivity contribution in [3.63, 3.8) is 0 Å². The number of pyridine rings is 1. The SMILES string of the molecule is [c]1ccccc1CCc1ccccn1. The second kappa shape index (κ2) is 4.56. The predicted molar refractivity (Wildman–Crippen MR) is 56.9 cm³/mol. The van der Waals surface area contributed by atoms with Gasteiger partial charge in [0, 0.05) is 11.9 Å². The maximum Gasteiger partial charge on any atom is 0.0406 e. The van der Waals surface area contributed by atoms with Gasteiger partial charge in [-0.1, -0.05) is 30.3 Å². The average Bonchev–Trinajstić information content (AvgIpc) is 2.29. The van der Waals surface area contributed by atoms with E-state index in [0.717, 1.165) is 18.5 Å². The fourth-order valence-corrected chi connectivity index (χ4v) is 1.39. The van der Waals surface area contributed by atoms with Gasteiger partial charge in [0.2, 0.25) is 0 Å². The van der Waals surface area contributed by atoms with Crippen molar-refractivity contribution in [3.8, 4) is 0 Å². The number of aryl methyl sites for hydroxylation is 2. The first-order chi connectivity index (χ1) is 6.95. The van der Waals surface area contributed by atoms with Crippen molar-refractivity contribution in [3.05, 3.63) is 66.0 Å². The quantitative estimate of drug-likeness (QED) is 0.711. The highest BCUT2D eigenvalue weighted by Crippen LogP contribution is 2.03.